The Balaban J connectivity index is 1.93. The molecule has 2 aromatic carbocycles. The Bertz CT molecular complexity index is 880. The third-order valence-corrected chi connectivity index (χ3v) is 3.60. The van der Waals surface area contributed by atoms with Crippen molar-refractivity contribution in [3.8, 4) is 0 Å². The molecule has 0 bridgehead atoms. The SMILES string of the molecule is Cc1ccccc1/C=C/C(=O)OCC(=O)Nc1cc(Cl)ccc1[N+](=O)[O-]. The van der Waals surface area contributed by atoms with E-state index in [2.05, 4.69) is 5.32 Å². The van der Waals surface area contributed by atoms with Crippen molar-refractivity contribution in [3.63, 3.8) is 0 Å². The molecule has 2 aromatic rings. The zero-order chi connectivity index (χ0) is 19.1. The van der Waals surface area contributed by atoms with Crippen molar-refractivity contribution >= 4 is 40.9 Å². The van der Waals surface area contributed by atoms with Crippen molar-refractivity contribution in [2.24, 2.45) is 0 Å². The summed E-state index contributed by atoms with van der Waals surface area (Å²) in [5.41, 5.74) is 1.46. The average Bonchev–Trinajstić information content (AvgIpc) is 2.59. The van der Waals surface area contributed by atoms with E-state index in [1.165, 1.54) is 24.3 Å². The van der Waals surface area contributed by atoms with Crippen LogP contribution >= 0.6 is 11.6 Å². The second-order valence-corrected chi connectivity index (χ2v) is 5.70. The highest BCUT2D eigenvalue weighted by Crippen LogP contribution is 2.27. The maximum atomic E-state index is 11.9. The molecule has 0 unspecified atom stereocenters. The Morgan fingerprint density at radius 3 is 2.69 bits per heavy atom. The number of hydrogen-bond donors (Lipinski definition) is 1. The Labute approximate surface area is 154 Å². The summed E-state index contributed by atoms with van der Waals surface area (Å²) in [4.78, 5) is 33.8. The summed E-state index contributed by atoms with van der Waals surface area (Å²) < 4.78 is 4.83. The standard InChI is InChI=1S/C18H15ClN2O5/c1-12-4-2-3-5-13(12)6-9-18(23)26-11-17(22)20-15-10-14(19)7-8-16(15)21(24)25/h2-10H,11H2,1H3,(H,20,22)/b9-6+. The number of aryl methyl sites for hydroxylation is 1. The Hall–Kier alpha value is -3.19. The van der Waals surface area contributed by atoms with E-state index in [4.69, 9.17) is 16.3 Å². The van der Waals surface area contributed by atoms with E-state index < -0.39 is 23.4 Å². The van der Waals surface area contributed by atoms with Crippen LogP contribution in [0.2, 0.25) is 5.02 Å². The molecule has 1 N–H and O–H groups in total. The maximum Gasteiger partial charge on any atom is 0.331 e. The molecule has 0 radical (unpaired) electrons. The molecular formula is C18H15ClN2O5. The van der Waals surface area contributed by atoms with Gasteiger partial charge in [0, 0.05) is 17.2 Å². The fourth-order valence-electron chi connectivity index (χ4n) is 2.07. The zero-order valence-corrected chi connectivity index (χ0v) is 14.5. The Morgan fingerprint density at radius 1 is 1.27 bits per heavy atom. The van der Waals surface area contributed by atoms with Gasteiger partial charge in [0.2, 0.25) is 0 Å². The molecule has 0 heterocycles. The lowest BCUT2D eigenvalue weighted by atomic mass is 10.1. The van der Waals surface area contributed by atoms with Crippen molar-refractivity contribution < 1.29 is 19.2 Å². The number of halogens is 1. The largest absolute Gasteiger partial charge is 0.452 e. The van der Waals surface area contributed by atoms with Crippen LogP contribution in [-0.4, -0.2) is 23.4 Å². The minimum atomic E-state index is -0.715. The quantitative estimate of drug-likeness (QED) is 0.359. The lowest BCUT2D eigenvalue weighted by molar-refractivity contribution is -0.383. The van der Waals surface area contributed by atoms with Gasteiger partial charge in [-0.3, -0.25) is 14.9 Å². The van der Waals surface area contributed by atoms with Crippen LogP contribution < -0.4 is 5.32 Å². The highest BCUT2D eigenvalue weighted by molar-refractivity contribution is 6.31. The Kier molecular flexibility index (Phi) is 6.46. The highest BCUT2D eigenvalue weighted by atomic mass is 35.5. The van der Waals surface area contributed by atoms with Gasteiger partial charge in [-0.2, -0.15) is 0 Å². The number of nitrogens with one attached hydrogen (secondary N) is 1. The summed E-state index contributed by atoms with van der Waals surface area (Å²) in [5.74, 6) is -1.42. The number of nitrogens with zero attached hydrogens (tertiary/aromatic N) is 1. The first-order chi connectivity index (χ1) is 12.4. The van der Waals surface area contributed by atoms with E-state index in [1.807, 2.05) is 31.2 Å². The smallest absolute Gasteiger partial charge is 0.331 e. The Morgan fingerprint density at radius 2 is 2.00 bits per heavy atom. The van der Waals surface area contributed by atoms with Gasteiger partial charge < -0.3 is 10.1 Å². The predicted molar refractivity (Wildman–Crippen MR) is 97.9 cm³/mol. The zero-order valence-electron chi connectivity index (χ0n) is 13.8. The molecule has 26 heavy (non-hydrogen) atoms. The molecule has 0 saturated heterocycles. The lowest BCUT2D eigenvalue weighted by Crippen LogP contribution is -2.20. The molecule has 0 spiro atoms. The van der Waals surface area contributed by atoms with E-state index >= 15 is 0 Å². The number of hydrogen-bond acceptors (Lipinski definition) is 5. The molecule has 0 aromatic heterocycles. The summed E-state index contributed by atoms with van der Waals surface area (Å²) in [6.07, 6.45) is 2.79. The van der Waals surface area contributed by atoms with Gasteiger partial charge in [0.25, 0.3) is 11.6 Å². The fraction of sp³-hybridized carbons (Fsp3) is 0.111. The van der Waals surface area contributed by atoms with Crippen LogP contribution in [-0.2, 0) is 14.3 Å². The summed E-state index contributed by atoms with van der Waals surface area (Å²) >= 11 is 5.78. The van der Waals surface area contributed by atoms with Crippen LogP contribution in [0, 0.1) is 17.0 Å². The molecule has 134 valence electrons. The van der Waals surface area contributed by atoms with Gasteiger partial charge in [0.15, 0.2) is 6.61 Å². The summed E-state index contributed by atoms with van der Waals surface area (Å²) in [6, 6.07) is 11.2. The van der Waals surface area contributed by atoms with E-state index in [1.54, 1.807) is 6.08 Å². The van der Waals surface area contributed by atoms with E-state index in [0.717, 1.165) is 11.1 Å². The first-order valence-corrected chi connectivity index (χ1v) is 7.89. The second kappa shape index (κ2) is 8.77. The van der Waals surface area contributed by atoms with Crippen LogP contribution in [0.1, 0.15) is 11.1 Å². The fourth-order valence-corrected chi connectivity index (χ4v) is 2.24. The van der Waals surface area contributed by atoms with E-state index in [9.17, 15) is 19.7 Å². The van der Waals surface area contributed by atoms with Crippen LogP contribution in [0.3, 0.4) is 0 Å². The molecule has 0 aliphatic rings. The second-order valence-electron chi connectivity index (χ2n) is 5.26. The number of nitro benzene ring substituents is 1. The first kappa shape index (κ1) is 19.1. The first-order valence-electron chi connectivity index (χ1n) is 7.51. The van der Waals surface area contributed by atoms with Gasteiger partial charge in [-0.15, -0.1) is 0 Å². The highest BCUT2D eigenvalue weighted by Gasteiger charge is 2.16. The van der Waals surface area contributed by atoms with Gasteiger partial charge in [-0.05, 0) is 36.3 Å². The van der Waals surface area contributed by atoms with Crippen LogP contribution in [0.15, 0.2) is 48.5 Å². The number of amides is 1. The van der Waals surface area contributed by atoms with Crippen molar-refractivity contribution in [2.45, 2.75) is 6.92 Å². The molecule has 8 heteroatoms. The minimum absolute atomic E-state index is 0.0704. The molecule has 0 aliphatic heterocycles. The number of carbonyl (C=O) groups is 2. The van der Waals surface area contributed by atoms with Gasteiger partial charge in [0.05, 0.1) is 4.92 Å². The third-order valence-electron chi connectivity index (χ3n) is 3.36. The molecule has 1 amide bonds. The summed E-state index contributed by atoms with van der Waals surface area (Å²) in [5, 5.41) is 13.5. The number of rotatable bonds is 6. The average molecular weight is 375 g/mol. The van der Waals surface area contributed by atoms with Gasteiger partial charge >= 0.3 is 5.97 Å². The number of benzene rings is 2. The molecule has 0 saturated carbocycles. The summed E-state index contributed by atoms with van der Waals surface area (Å²) in [6.45, 7) is 1.32. The van der Waals surface area contributed by atoms with Crippen molar-refractivity contribution in [3.05, 3.63) is 74.8 Å². The van der Waals surface area contributed by atoms with Gasteiger partial charge in [-0.25, -0.2) is 4.79 Å². The van der Waals surface area contributed by atoms with Gasteiger partial charge in [-0.1, -0.05) is 35.9 Å². The molecule has 0 atom stereocenters. The minimum Gasteiger partial charge on any atom is -0.452 e. The third kappa shape index (κ3) is 5.42. The molecular weight excluding hydrogens is 360 g/mol. The van der Waals surface area contributed by atoms with E-state index in [-0.39, 0.29) is 16.4 Å². The number of carbonyl (C=O) groups excluding carboxylic acids is 2. The molecule has 0 aliphatic carbocycles. The van der Waals surface area contributed by atoms with Crippen LogP contribution in [0.25, 0.3) is 6.08 Å². The normalized spacial score (nSPS) is 10.5. The van der Waals surface area contributed by atoms with Crippen molar-refractivity contribution in [2.75, 3.05) is 11.9 Å². The van der Waals surface area contributed by atoms with Crippen LogP contribution in [0.4, 0.5) is 11.4 Å². The van der Waals surface area contributed by atoms with Crippen molar-refractivity contribution in [1.82, 2.24) is 0 Å². The summed E-state index contributed by atoms with van der Waals surface area (Å²) in [7, 11) is 0. The van der Waals surface area contributed by atoms with Crippen LogP contribution in [0.5, 0.6) is 0 Å². The molecule has 7 nitrogen and oxygen atoms in total. The number of nitro groups is 1. The van der Waals surface area contributed by atoms with E-state index in [0.29, 0.717) is 0 Å². The van der Waals surface area contributed by atoms with Crippen molar-refractivity contribution in [1.29, 1.82) is 0 Å². The predicted octanol–water partition coefficient (Wildman–Crippen LogP) is 3.75. The number of ether oxygens (including phenoxy) is 1. The maximum absolute atomic E-state index is 11.9. The topological polar surface area (TPSA) is 98.5 Å². The number of esters is 1. The monoisotopic (exact) mass is 374 g/mol. The molecule has 2 rings (SSSR count). The lowest BCUT2D eigenvalue weighted by Gasteiger charge is -2.06. The number of anilines is 1. The molecule has 0 fully saturated rings. The van der Waals surface area contributed by atoms with Gasteiger partial charge in [0.1, 0.15) is 5.69 Å².